The summed E-state index contributed by atoms with van der Waals surface area (Å²) < 4.78 is 1.36. The van der Waals surface area contributed by atoms with E-state index in [0.717, 1.165) is 6.42 Å². The molecule has 0 spiro atoms. The minimum absolute atomic E-state index is 0.0150. The van der Waals surface area contributed by atoms with E-state index in [4.69, 9.17) is 0 Å². The van der Waals surface area contributed by atoms with E-state index < -0.39 is 0 Å². The van der Waals surface area contributed by atoms with Gasteiger partial charge >= 0.3 is 0 Å². The van der Waals surface area contributed by atoms with E-state index >= 15 is 0 Å². The third-order valence-electron chi connectivity index (χ3n) is 4.94. The predicted molar refractivity (Wildman–Crippen MR) is 86.3 cm³/mol. The number of hydrogen-bond acceptors (Lipinski definition) is 3. The number of aliphatic hydroxyl groups excluding tert-OH is 1. The van der Waals surface area contributed by atoms with Gasteiger partial charge in [-0.2, -0.15) is 0 Å². The Morgan fingerprint density at radius 1 is 1.35 bits per heavy atom. The average Bonchev–Trinajstić information content (AvgIpc) is 2.76. The van der Waals surface area contributed by atoms with E-state index in [1.54, 1.807) is 0 Å². The molecule has 3 heteroatoms. The van der Waals surface area contributed by atoms with Crippen LogP contribution < -0.4 is 5.32 Å². The Labute approximate surface area is 124 Å². The highest BCUT2D eigenvalue weighted by Crippen LogP contribution is 2.42. The number of rotatable bonds is 3. The molecule has 1 aliphatic rings. The van der Waals surface area contributed by atoms with Gasteiger partial charge in [0.2, 0.25) is 0 Å². The topological polar surface area (TPSA) is 32.3 Å². The maximum atomic E-state index is 9.86. The lowest BCUT2D eigenvalue weighted by Crippen LogP contribution is -2.60. The van der Waals surface area contributed by atoms with Crippen molar-refractivity contribution in [3.63, 3.8) is 0 Å². The summed E-state index contributed by atoms with van der Waals surface area (Å²) in [5, 5.41) is 14.9. The molecule has 20 heavy (non-hydrogen) atoms. The van der Waals surface area contributed by atoms with Gasteiger partial charge in [0.05, 0.1) is 6.10 Å². The molecule has 2 aromatic rings. The summed E-state index contributed by atoms with van der Waals surface area (Å²) in [6.45, 7) is 8.73. The lowest BCUT2D eigenvalue weighted by molar-refractivity contribution is -0.0753. The van der Waals surface area contributed by atoms with Crippen molar-refractivity contribution in [1.29, 1.82) is 0 Å². The summed E-state index contributed by atoms with van der Waals surface area (Å²) >= 11 is 1.88. The van der Waals surface area contributed by atoms with Gasteiger partial charge in [-0.05, 0) is 37.3 Å². The van der Waals surface area contributed by atoms with Crippen molar-refractivity contribution in [3.05, 3.63) is 34.7 Å². The van der Waals surface area contributed by atoms with E-state index in [-0.39, 0.29) is 11.5 Å². The van der Waals surface area contributed by atoms with Gasteiger partial charge in [0.15, 0.2) is 0 Å². The highest BCUT2D eigenvalue weighted by Gasteiger charge is 2.47. The molecule has 3 rings (SSSR count). The monoisotopic (exact) mass is 289 g/mol. The molecule has 0 amide bonds. The van der Waals surface area contributed by atoms with Crippen LogP contribution >= 0.6 is 11.3 Å². The number of aryl methyl sites for hydroxylation is 1. The Morgan fingerprint density at radius 3 is 2.65 bits per heavy atom. The number of fused-ring (bicyclic) bond motifs is 1. The van der Waals surface area contributed by atoms with Crippen LogP contribution in [0.3, 0.4) is 0 Å². The Hall–Kier alpha value is -0.900. The van der Waals surface area contributed by atoms with Crippen molar-refractivity contribution < 1.29 is 5.11 Å². The lowest BCUT2D eigenvalue weighted by atomic mass is 9.64. The summed E-state index contributed by atoms with van der Waals surface area (Å²) in [6, 6.07) is 9.34. The standard InChI is InChI=1S/C17H23NOS/c1-10-12-7-5-6-8-13(12)20-16(10)11(2)18-14-9-15(19)17(14,3)4/h5-8,11,14-15,18-19H,9H2,1-4H3. The van der Waals surface area contributed by atoms with Crippen molar-refractivity contribution in [1.82, 2.24) is 5.32 Å². The van der Waals surface area contributed by atoms with E-state index in [1.165, 1.54) is 20.5 Å². The van der Waals surface area contributed by atoms with E-state index in [9.17, 15) is 5.11 Å². The first-order valence-electron chi connectivity index (χ1n) is 7.33. The second kappa shape index (κ2) is 4.83. The number of thiophene rings is 1. The second-order valence-electron chi connectivity index (χ2n) is 6.60. The third kappa shape index (κ3) is 2.09. The Morgan fingerprint density at radius 2 is 2.05 bits per heavy atom. The van der Waals surface area contributed by atoms with Crippen LogP contribution in [-0.2, 0) is 0 Å². The molecule has 1 fully saturated rings. The van der Waals surface area contributed by atoms with Crippen LogP contribution in [0.15, 0.2) is 24.3 Å². The highest BCUT2D eigenvalue weighted by atomic mass is 32.1. The first-order valence-corrected chi connectivity index (χ1v) is 8.15. The van der Waals surface area contributed by atoms with E-state index in [0.29, 0.717) is 12.1 Å². The van der Waals surface area contributed by atoms with Crippen molar-refractivity contribution in [3.8, 4) is 0 Å². The van der Waals surface area contributed by atoms with Gasteiger partial charge in [0.25, 0.3) is 0 Å². The molecule has 1 aromatic heterocycles. The predicted octanol–water partition coefficient (Wildman–Crippen LogP) is 4.02. The Kier molecular flexibility index (Phi) is 3.39. The summed E-state index contributed by atoms with van der Waals surface area (Å²) in [5.41, 5.74) is 1.38. The first kappa shape index (κ1) is 14.1. The molecule has 3 atom stereocenters. The molecule has 0 saturated heterocycles. The smallest absolute Gasteiger partial charge is 0.0621 e. The average molecular weight is 289 g/mol. The van der Waals surface area contributed by atoms with Gasteiger partial charge in [-0.25, -0.2) is 0 Å². The molecule has 0 radical (unpaired) electrons. The van der Waals surface area contributed by atoms with Gasteiger partial charge in [-0.15, -0.1) is 11.3 Å². The maximum absolute atomic E-state index is 9.86. The summed E-state index contributed by atoms with van der Waals surface area (Å²) in [6.07, 6.45) is 0.692. The molecule has 1 aliphatic carbocycles. The largest absolute Gasteiger partial charge is 0.392 e. The summed E-state index contributed by atoms with van der Waals surface area (Å²) in [4.78, 5) is 1.42. The highest BCUT2D eigenvalue weighted by molar-refractivity contribution is 7.19. The lowest BCUT2D eigenvalue weighted by Gasteiger charge is -2.50. The number of nitrogens with one attached hydrogen (secondary N) is 1. The van der Waals surface area contributed by atoms with Gasteiger partial charge in [-0.3, -0.25) is 0 Å². The molecule has 1 heterocycles. The molecule has 2 nitrogen and oxygen atoms in total. The van der Waals surface area contributed by atoms with Gasteiger partial charge in [0.1, 0.15) is 0 Å². The quantitative estimate of drug-likeness (QED) is 0.894. The molecular weight excluding hydrogens is 266 g/mol. The maximum Gasteiger partial charge on any atom is 0.0621 e. The third-order valence-corrected chi connectivity index (χ3v) is 6.40. The van der Waals surface area contributed by atoms with Crippen LogP contribution in [0.25, 0.3) is 10.1 Å². The zero-order chi connectivity index (χ0) is 14.5. The summed E-state index contributed by atoms with van der Waals surface area (Å²) in [5.74, 6) is 0. The number of hydrogen-bond donors (Lipinski definition) is 2. The van der Waals surface area contributed by atoms with Crippen molar-refractivity contribution in [2.24, 2.45) is 5.41 Å². The molecule has 108 valence electrons. The zero-order valence-electron chi connectivity index (χ0n) is 12.6. The van der Waals surface area contributed by atoms with Gasteiger partial charge in [0, 0.05) is 27.1 Å². The fraction of sp³-hybridized carbons (Fsp3) is 0.529. The number of benzene rings is 1. The number of aliphatic hydroxyl groups is 1. The van der Waals surface area contributed by atoms with Crippen LogP contribution in [-0.4, -0.2) is 17.3 Å². The minimum Gasteiger partial charge on any atom is -0.392 e. The van der Waals surface area contributed by atoms with Crippen LogP contribution in [0.2, 0.25) is 0 Å². The van der Waals surface area contributed by atoms with Crippen LogP contribution in [0.5, 0.6) is 0 Å². The molecule has 0 aliphatic heterocycles. The summed E-state index contributed by atoms with van der Waals surface area (Å²) in [7, 11) is 0. The molecular formula is C17H23NOS. The van der Waals surface area contributed by atoms with Crippen LogP contribution in [0.1, 0.15) is 43.7 Å². The van der Waals surface area contributed by atoms with Crippen molar-refractivity contribution in [2.45, 2.75) is 52.3 Å². The van der Waals surface area contributed by atoms with Crippen molar-refractivity contribution in [2.75, 3.05) is 0 Å². The molecule has 3 unspecified atom stereocenters. The first-order chi connectivity index (χ1) is 9.41. The van der Waals surface area contributed by atoms with Crippen LogP contribution in [0, 0.1) is 12.3 Å². The van der Waals surface area contributed by atoms with E-state index in [1.807, 2.05) is 11.3 Å². The Bertz CT molecular complexity index is 631. The van der Waals surface area contributed by atoms with Gasteiger partial charge in [-0.1, -0.05) is 32.0 Å². The molecule has 0 bridgehead atoms. The van der Waals surface area contributed by atoms with Gasteiger partial charge < -0.3 is 10.4 Å². The Balaban J connectivity index is 1.83. The minimum atomic E-state index is -0.171. The van der Waals surface area contributed by atoms with Crippen LogP contribution in [0.4, 0.5) is 0 Å². The molecule has 1 saturated carbocycles. The zero-order valence-corrected chi connectivity index (χ0v) is 13.4. The SMILES string of the molecule is Cc1c(C(C)NC2CC(O)C2(C)C)sc2ccccc12. The second-order valence-corrected chi connectivity index (χ2v) is 7.69. The normalized spacial score (nSPS) is 26.4. The molecule has 2 N–H and O–H groups in total. The fourth-order valence-corrected chi connectivity index (χ4v) is 4.39. The van der Waals surface area contributed by atoms with Crippen molar-refractivity contribution >= 4 is 21.4 Å². The fourth-order valence-electron chi connectivity index (χ4n) is 3.17. The van der Waals surface area contributed by atoms with E-state index in [2.05, 4.69) is 57.3 Å². The molecule has 1 aromatic carbocycles.